The zero-order chi connectivity index (χ0) is 15.5. The smallest absolute Gasteiger partial charge is 0.333 e. The van der Waals surface area contributed by atoms with Gasteiger partial charge >= 0.3 is 12.0 Å². The van der Waals surface area contributed by atoms with E-state index in [-0.39, 0.29) is 0 Å². The Balaban J connectivity index is 3.18. The summed E-state index contributed by atoms with van der Waals surface area (Å²) < 4.78 is 0. The number of carbonyl (C=O) groups excluding carboxylic acids is 2. The van der Waals surface area contributed by atoms with E-state index in [1.807, 2.05) is 0 Å². The lowest BCUT2D eigenvalue weighted by molar-refractivity contribution is -0.144. The number of rotatable bonds is 3. The number of aryl methyl sites for hydroxylation is 1. The van der Waals surface area contributed by atoms with Gasteiger partial charge in [0.15, 0.2) is 5.54 Å². The number of nitrogens with one attached hydrogen (secondary N) is 1. The molecule has 2 N–H and O–H groups in total. The number of urea groups is 1. The Kier molecular flexibility index (Phi) is 4.49. The molecule has 1 aromatic carbocycles. The summed E-state index contributed by atoms with van der Waals surface area (Å²) in [5.41, 5.74) is -0.396. The van der Waals surface area contributed by atoms with Gasteiger partial charge in [0, 0.05) is 14.0 Å². The third-order valence-electron chi connectivity index (χ3n) is 3.25. The number of hydrogen-bond donors (Lipinski definition) is 2. The van der Waals surface area contributed by atoms with Gasteiger partial charge in [-0.1, -0.05) is 24.3 Å². The highest BCUT2D eigenvalue weighted by Gasteiger charge is 2.39. The topological polar surface area (TPSA) is 86.7 Å². The molecule has 0 spiro atoms. The van der Waals surface area contributed by atoms with Crippen LogP contribution in [0.3, 0.4) is 0 Å². The van der Waals surface area contributed by atoms with E-state index in [0.29, 0.717) is 5.56 Å². The van der Waals surface area contributed by atoms with Crippen molar-refractivity contribution in [1.29, 1.82) is 0 Å². The molecular formula is C14H18N2O4. The average molecular weight is 278 g/mol. The summed E-state index contributed by atoms with van der Waals surface area (Å²) in [6, 6.07) is 6.12. The number of carboxylic acids is 1. The van der Waals surface area contributed by atoms with Gasteiger partial charge in [-0.25, -0.2) is 9.59 Å². The molecule has 0 radical (unpaired) electrons. The Morgan fingerprint density at radius 3 is 2.25 bits per heavy atom. The van der Waals surface area contributed by atoms with E-state index in [2.05, 4.69) is 5.32 Å². The number of carbonyl (C=O) groups is 3. The highest BCUT2D eigenvalue weighted by Crippen LogP contribution is 2.24. The van der Waals surface area contributed by atoms with Crippen LogP contribution in [0.1, 0.15) is 25.0 Å². The molecule has 0 aliphatic rings. The molecule has 0 heterocycles. The SMILES string of the molecule is CC(=O)N(C)C(=O)NC(C)(C(=O)O)c1ccccc1C. The van der Waals surface area contributed by atoms with Crippen molar-refractivity contribution in [2.75, 3.05) is 7.05 Å². The van der Waals surface area contributed by atoms with E-state index in [9.17, 15) is 19.5 Å². The lowest BCUT2D eigenvalue weighted by atomic mass is 9.88. The van der Waals surface area contributed by atoms with Crippen molar-refractivity contribution < 1.29 is 19.5 Å². The molecule has 0 saturated carbocycles. The van der Waals surface area contributed by atoms with Crippen LogP contribution in [0.5, 0.6) is 0 Å². The second kappa shape index (κ2) is 5.73. The summed E-state index contributed by atoms with van der Waals surface area (Å²) in [4.78, 5) is 35.5. The highest BCUT2D eigenvalue weighted by atomic mass is 16.4. The fourth-order valence-corrected chi connectivity index (χ4v) is 1.81. The Morgan fingerprint density at radius 2 is 1.80 bits per heavy atom. The number of imide groups is 1. The summed E-state index contributed by atoms with van der Waals surface area (Å²) >= 11 is 0. The fraction of sp³-hybridized carbons (Fsp3) is 0.357. The van der Waals surface area contributed by atoms with Crippen molar-refractivity contribution in [3.63, 3.8) is 0 Å². The van der Waals surface area contributed by atoms with Crippen molar-refractivity contribution >= 4 is 17.9 Å². The van der Waals surface area contributed by atoms with Crippen LogP contribution in [-0.4, -0.2) is 35.0 Å². The largest absolute Gasteiger partial charge is 0.479 e. The fourth-order valence-electron chi connectivity index (χ4n) is 1.81. The minimum atomic E-state index is -1.61. The molecule has 0 fully saturated rings. The highest BCUT2D eigenvalue weighted by molar-refractivity contribution is 5.95. The molecule has 1 aromatic rings. The number of hydrogen-bond acceptors (Lipinski definition) is 3. The Labute approximate surface area is 117 Å². The number of benzene rings is 1. The van der Waals surface area contributed by atoms with Gasteiger partial charge in [0.2, 0.25) is 5.91 Å². The molecule has 0 saturated heterocycles. The van der Waals surface area contributed by atoms with Gasteiger partial charge in [-0.05, 0) is 25.0 Å². The molecule has 0 bridgehead atoms. The van der Waals surface area contributed by atoms with E-state index in [4.69, 9.17) is 0 Å². The average Bonchev–Trinajstić information content (AvgIpc) is 2.37. The van der Waals surface area contributed by atoms with Crippen LogP contribution in [0.25, 0.3) is 0 Å². The zero-order valence-electron chi connectivity index (χ0n) is 11.9. The second-order valence-electron chi connectivity index (χ2n) is 4.75. The van der Waals surface area contributed by atoms with Crippen LogP contribution in [0.2, 0.25) is 0 Å². The van der Waals surface area contributed by atoms with Gasteiger partial charge in [0.1, 0.15) is 0 Å². The number of aliphatic carboxylic acids is 1. The molecule has 0 aromatic heterocycles. The molecule has 20 heavy (non-hydrogen) atoms. The van der Waals surface area contributed by atoms with Gasteiger partial charge in [-0.2, -0.15) is 0 Å². The van der Waals surface area contributed by atoms with E-state index in [0.717, 1.165) is 10.5 Å². The van der Waals surface area contributed by atoms with E-state index >= 15 is 0 Å². The molecule has 0 aliphatic carbocycles. The molecule has 6 heteroatoms. The van der Waals surface area contributed by atoms with Crippen LogP contribution in [0, 0.1) is 6.92 Å². The molecule has 6 nitrogen and oxygen atoms in total. The summed E-state index contributed by atoms with van der Waals surface area (Å²) in [5, 5.41) is 11.9. The first-order chi connectivity index (χ1) is 9.20. The lowest BCUT2D eigenvalue weighted by Gasteiger charge is -2.29. The first-order valence-corrected chi connectivity index (χ1v) is 6.06. The minimum absolute atomic E-state index is 0.470. The second-order valence-corrected chi connectivity index (χ2v) is 4.75. The third-order valence-corrected chi connectivity index (χ3v) is 3.25. The first-order valence-electron chi connectivity index (χ1n) is 6.06. The van der Waals surface area contributed by atoms with Crippen LogP contribution in [0.15, 0.2) is 24.3 Å². The van der Waals surface area contributed by atoms with Gasteiger partial charge < -0.3 is 10.4 Å². The van der Waals surface area contributed by atoms with Crippen LogP contribution >= 0.6 is 0 Å². The molecule has 1 rings (SSSR count). The monoisotopic (exact) mass is 278 g/mol. The standard InChI is InChI=1S/C14H18N2O4/c1-9-7-5-6-8-11(9)14(3,12(18)19)15-13(20)16(4)10(2)17/h5-8H,1-4H3,(H,15,20)(H,18,19). The van der Waals surface area contributed by atoms with E-state index in [1.165, 1.54) is 20.9 Å². The Morgan fingerprint density at radius 1 is 1.25 bits per heavy atom. The number of carboxylic acid groups (broad SMARTS) is 1. The Hall–Kier alpha value is -2.37. The molecule has 0 aliphatic heterocycles. The van der Waals surface area contributed by atoms with Gasteiger partial charge in [-0.15, -0.1) is 0 Å². The molecule has 1 unspecified atom stereocenters. The molecule has 3 amide bonds. The van der Waals surface area contributed by atoms with Gasteiger partial charge in [-0.3, -0.25) is 9.69 Å². The molecule has 1 atom stereocenters. The van der Waals surface area contributed by atoms with Gasteiger partial charge in [0.05, 0.1) is 0 Å². The number of amides is 3. The van der Waals surface area contributed by atoms with Crippen molar-refractivity contribution in [2.45, 2.75) is 26.3 Å². The third kappa shape index (κ3) is 2.96. The summed E-state index contributed by atoms with van der Waals surface area (Å²) in [5.74, 6) is -1.67. The summed E-state index contributed by atoms with van der Waals surface area (Å²) in [7, 11) is 1.29. The van der Waals surface area contributed by atoms with Crippen LogP contribution in [-0.2, 0) is 15.1 Å². The summed E-state index contributed by atoms with van der Waals surface area (Å²) in [6.07, 6.45) is 0. The first kappa shape index (κ1) is 15.7. The predicted octanol–water partition coefficient (Wildman–Crippen LogP) is 1.48. The van der Waals surface area contributed by atoms with Crippen LogP contribution in [0.4, 0.5) is 4.79 Å². The molecule has 108 valence electrons. The number of nitrogens with zero attached hydrogens (tertiary/aromatic N) is 1. The van der Waals surface area contributed by atoms with Crippen molar-refractivity contribution in [2.24, 2.45) is 0 Å². The van der Waals surface area contributed by atoms with Crippen LogP contribution < -0.4 is 5.32 Å². The quantitative estimate of drug-likeness (QED) is 0.876. The van der Waals surface area contributed by atoms with E-state index in [1.54, 1.807) is 31.2 Å². The van der Waals surface area contributed by atoms with Crippen molar-refractivity contribution in [3.05, 3.63) is 35.4 Å². The normalized spacial score (nSPS) is 13.2. The summed E-state index contributed by atoms with van der Waals surface area (Å²) in [6.45, 7) is 4.38. The minimum Gasteiger partial charge on any atom is -0.479 e. The maximum absolute atomic E-state index is 11.9. The zero-order valence-corrected chi connectivity index (χ0v) is 11.9. The van der Waals surface area contributed by atoms with Crippen molar-refractivity contribution in [3.8, 4) is 0 Å². The van der Waals surface area contributed by atoms with Crippen molar-refractivity contribution in [1.82, 2.24) is 10.2 Å². The maximum Gasteiger partial charge on any atom is 0.333 e. The predicted molar refractivity (Wildman–Crippen MR) is 73.1 cm³/mol. The Bertz CT molecular complexity index is 556. The van der Waals surface area contributed by atoms with E-state index < -0.39 is 23.4 Å². The molecular weight excluding hydrogens is 260 g/mol. The lowest BCUT2D eigenvalue weighted by Crippen LogP contribution is -2.54. The van der Waals surface area contributed by atoms with Gasteiger partial charge in [0.25, 0.3) is 0 Å². The maximum atomic E-state index is 11.9.